The second-order valence-corrected chi connectivity index (χ2v) is 6.50. The minimum absolute atomic E-state index is 0.0570. The Balaban J connectivity index is 1.42. The van der Waals surface area contributed by atoms with Gasteiger partial charge in [-0.3, -0.25) is 9.36 Å². The van der Waals surface area contributed by atoms with E-state index in [0.29, 0.717) is 29.7 Å². The van der Waals surface area contributed by atoms with Gasteiger partial charge in [0.2, 0.25) is 0 Å². The first-order valence-corrected chi connectivity index (χ1v) is 9.12. The van der Waals surface area contributed by atoms with Gasteiger partial charge in [-0.1, -0.05) is 11.6 Å². The van der Waals surface area contributed by atoms with Crippen molar-refractivity contribution in [1.29, 1.82) is 0 Å². The van der Waals surface area contributed by atoms with Crippen molar-refractivity contribution in [1.82, 2.24) is 24.8 Å². The number of hydrogen-bond acceptors (Lipinski definition) is 6. The number of nitrogens with zero attached hydrogens (tertiary/aromatic N) is 4. The third-order valence-electron chi connectivity index (χ3n) is 4.09. The monoisotopic (exact) mass is 400 g/mol. The summed E-state index contributed by atoms with van der Waals surface area (Å²) in [5.74, 6) is 1.79. The van der Waals surface area contributed by atoms with E-state index in [-0.39, 0.29) is 12.5 Å². The largest absolute Gasteiger partial charge is 0.484 e. The normalized spacial score (nSPS) is 10.5. The quantitative estimate of drug-likeness (QED) is 0.564. The van der Waals surface area contributed by atoms with Crippen LogP contribution in [0.15, 0.2) is 43.0 Å². The topological polar surface area (TPSA) is 94.0 Å². The Hall–Kier alpha value is -3.13. The van der Waals surface area contributed by atoms with Crippen LogP contribution in [0.4, 0.5) is 5.82 Å². The molecule has 2 aromatic heterocycles. The van der Waals surface area contributed by atoms with E-state index in [4.69, 9.17) is 16.3 Å². The van der Waals surface area contributed by atoms with Crippen LogP contribution in [0.5, 0.6) is 5.75 Å². The van der Waals surface area contributed by atoms with Crippen LogP contribution in [-0.4, -0.2) is 45.1 Å². The van der Waals surface area contributed by atoms with Crippen molar-refractivity contribution in [2.75, 3.05) is 25.0 Å². The summed E-state index contributed by atoms with van der Waals surface area (Å²) in [6.45, 7) is 4.83. The van der Waals surface area contributed by atoms with Gasteiger partial charge in [-0.05, 0) is 38.1 Å². The lowest BCUT2D eigenvalue weighted by molar-refractivity contribution is -0.123. The molecule has 146 valence electrons. The SMILES string of the molecule is Cc1ncn(-c2cc(NCCNC(=O)COc3ccc(Cl)cc3)ncn2)c1C. The molecule has 2 heterocycles. The summed E-state index contributed by atoms with van der Waals surface area (Å²) in [6.07, 6.45) is 3.22. The summed E-state index contributed by atoms with van der Waals surface area (Å²) in [4.78, 5) is 24.6. The highest BCUT2D eigenvalue weighted by Gasteiger charge is 2.07. The van der Waals surface area contributed by atoms with Crippen molar-refractivity contribution in [2.24, 2.45) is 0 Å². The zero-order valence-electron chi connectivity index (χ0n) is 15.6. The van der Waals surface area contributed by atoms with Crippen LogP contribution in [0.3, 0.4) is 0 Å². The number of rotatable bonds is 8. The number of ether oxygens (including phenoxy) is 1. The molecule has 3 rings (SSSR count). The van der Waals surface area contributed by atoms with Gasteiger partial charge < -0.3 is 15.4 Å². The lowest BCUT2D eigenvalue weighted by atomic mass is 10.3. The molecule has 8 nitrogen and oxygen atoms in total. The number of aromatic nitrogens is 4. The molecule has 0 bridgehead atoms. The fourth-order valence-corrected chi connectivity index (χ4v) is 2.55. The smallest absolute Gasteiger partial charge is 0.258 e. The number of carbonyl (C=O) groups is 1. The van der Waals surface area contributed by atoms with Gasteiger partial charge in [0.15, 0.2) is 6.61 Å². The van der Waals surface area contributed by atoms with E-state index in [9.17, 15) is 4.79 Å². The van der Waals surface area contributed by atoms with E-state index < -0.39 is 0 Å². The molecule has 3 aromatic rings. The molecule has 0 aliphatic rings. The number of benzene rings is 1. The van der Waals surface area contributed by atoms with Crippen molar-refractivity contribution in [3.05, 3.63) is 59.4 Å². The summed E-state index contributed by atoms with van der Waals surface area (Å²) in [5, 5.41) is 6.56. The predicted octanol–water partition coefficient (Wildman–Crippen LogP) is 2.54. The van der Waals surface area contributed by atoms with E-state index >= 15 is 0 Å². The molecule has 0 radical (unpaired) electrons. The summed E-state index contributed by atoms with van der Waals surface area (Å²) in [6, 6.07) is 8.68. The second-order valence-electron chi connectivity index (χ2n) is 6.07. The van der Waals surface area contributed by atoms with E-state index in [0.717, 1.165) is 17.2 Å². The van der Waals surface area contributed by atoms with Crippen LogP contribution in [0.2, 0.25) is 5.02 Å². The average molecular weight is 401 g/mol. The Morgan fingerprint density at radius 3 is 2.64 bits per heavy atom. The van der Waals surface area contributed by atoms with Crippen LogP contribution in [-0.2, 0) is 4.79 Å². The molecule has 1 aromatic carbocycles. The van der Waals surface area contributed by atoms with Crippen molar-refractivity contribution >= 4 is 23.3 Å². The fraction of sp³-hybridized carbons (Fsp3) is 0.263. The molecule has 0 spiro atoms. The highest BCUT2D eigenvalue weighted by molar-refractivity contribution is 6.30. The Kier molecular flexibility index (Phi) is 6.44. The van der Waals surface area contributed by atoms with Gasteiger partial charge in [0.25, 0.3) is 5.91 Å². The van der Waals surface area contributed by atoms with Gasteiger partial charge in [0.1, 0.15) is 30.0 Å². The molecule has 0 saturated heterocycles. The number of halogens is 1. The minimum Gasteiger partial charge on any atom is -0.484 e. The number of carbonyl (C=O) groups excluding carboxylic acids is 1. The third kappa shape index (κ3) is 5.20. The van der Waals surface area contributed by atoms with E-state index in [1.165, 1.54) is 6.33 Å². The first-order chi connectivity index (χ1) is 13.5. The first-order valence-electron chi connectivity index (χ1n) is 8.75. The predicted molar refractivity (Wildman–Crippen MR) is 107 cm³/mol. The van der Waals surface area contributed by atoms with Crippen LogP contribution >= 0.6 is 11.6 Å². The summed E-state index contributed by atoms with van der Waals surface area (Å²) < 4.78 is 7.30. The molecule has 0 aliphatic heterocycles. The highest BCUT2D eigenvalue weighted by atomic mass is 35.5. The van der Waals surface area contributed by atoms with Crippen molar-refractivity contribution in [3.8, 4) is 11.6 Å². The average Bonchev–Trinajstić information content (AvgIpc) is 3.04. The Labute approximate surface area is 167 Å². The third-order valence-corrected chi connectivity index (χ3v) is 4.34. The van der Waals surface area contributed by atoms with E-state index in [2.05, 4.69) is 25.6 Å². The van der Waals surface area contributed by atoms with Crippen LogP contribution < -0.4 is 15.4 Å². The van der Waals surface area contributed by atoms with Crippen LogP contribution in [0, 0.1) is 13.8 Å². The lowest BCUT2D eigenvalue weighted by Crippen LogP contribution is -2.32. The standard InChI is InChI=1S/C19H21ClN6O2/c1-13-14(2)26(12-25-13)18-9-17(23-11-24-18)21-7-8-22-19(27)10-28-16-5-3-15(20)4-6-16/h3-6,9,11-12H,7-8,10H2,1-2H3,(H,22,27)(H,21,23,24). The maximum atomic E-state index is 11.8. The molecule has 28 heavy (non-hydrogen) atoms. The Morgan fingerprint density at radius 2 is 1.93 bits per heavy atom. The minimum atomic E-state index is -0.204. The Bertz CT molecular complexity index is 942. The van der Waals surface area contributed by atoms with Gasteiger partial charge in [-0.25, -0.2) is 15.0 Å². The molecule has 0 atom stereocenters. The zero-order chi connectivity index (χ0) is 19.9. The van der Waals surface area contributed by atoms with E-state index in [1.54, 1.807) is 30.6 Å². The fourth-order valence-electron chi connectivity index (χ4n) is 2.43. The lowest BCUT2D eigenvalue weighted by Gasteiger charge is -2.10. The molecule has 0 aliphatic carbocycles. The number of amides is 1. The number of nitrogens with one attached hydrogen (secondary N) is 2. The molecule has 0 saturated carbocycles. The van der Waals surface area contributed by atoms with Gasteiger partial charge in [0, 0.05) is 29.9 Å². The van der Waals surface area contributed by atoms with Crippen molar-refractivity contribution < 1.29 is 9.53 Å². The zero-order valence-corrected chi connectivity index (χ0v) is 16.4. The summed E-state index contributed by atoms with van der Waals surface area (Å²) in [5.41, 5.74) is 1.98. The van der Waals surface area contributed by atoms with Crippen molar-refractivity contribution in [3.63, 3.8) is 0 Å². The molecule has 0 fully saturated rings. The number of hydrogen-bond donors (Lipinski definition) is 2. The second kappa shape index (κ2) is 9.18. The van der Waals surface area contributed by atoms with Crippen LogP contribution in [0.25, 0.3) is 5.82 Å². The van der Waals surface area contributed by atoms with Gasteiger partial charge >= 0.3 is 0 Å². The molecule has 2 N–H and O–H groups in total. The summed E-state index contributed by atoms with van der Waals surface area (Å²) >= 11 is 5.81. The Morgan fingerprint density at radius 1 is 1.14 bits per heavy atom. The molecular weight excluding hydrogens is 380 g/mol. The first kappa shape index (κ1) is 19.6. The highest BCUT2D eigenvalue weighted by Crippen LogP contribution is 2.15. The van der Waals surface area contributed by atoms with E-state index in [1.807, 2.05) is 24.5 Å². The molecule has 0 unspecified atom stereocenters. The number of imidazole rings is 1. The summed E-state index contributed by atoms with van der Waals surface area (Å²) in [7, 11) is 0. The van der Waals surface area contributed by atoms with Gasteiger partial charge in [0.05, 0.1) is 5.69 Å². The van der Waals surface area contributed by atoms with Gasteiger partial charge in [-0.15, -0.1) is 0 Å². The molecule has 9 heteroatoms. The van der Waals surface area contributed by atoms with Crippen LogP contribution in [0.1, 0.15) is 11.4 Å². The van der Waals surface area contributed by atoms with Crippen molar-refractivity contribution in [2.45, 2.75) is 13.8 Å². The maximum Gasteiger partial charge on any atom is 0.258 e. The number of aryl methyl sites for hydroxylation is 1. The maximum absolute atomic E-state index is 11.8. The van der Waals surface area contributed by atoms with Gasteiger partial charge in [-0.2, -0.15) is 0 Å². The number of anilines is 1. The molecule has 1 amide bonds. The molecular formula is C19H21ClN6O2.